The second-order valence-electron chi connectivity index (χ2n) is 2.44. The molecule has 4 heteroatoms. The molecule has 72 valence electrons. The molecule has 0 aliphatic carbocycles. The Morgan fingerprint density at radius 2 is 2.43 bits per heavy atom. The molecule has 1 aromatic rings. The molecule has 14 heavy (non-hydrogen) atoms. The summed E-state index contributed by atoms with van der Waals surface area (Å²) in [5.74, 6) is 6.17. The van der Waals surface area contributed by atoms with Crippen molar-refractivity contribution in [2.45, 2.75) is 6.92 Å². The predicted molar refractivity (Wildman–Crippen MR) is 59.7 cm³/mol. The van der Waals surface area contributed by atoms with Crippen LogP contribution in [0.4, 0.5) is 0 Å². The molecule has 0 aliphatic rings. The first kappa shape index (κ1) is 11.0. The van der Waals surface area contributed by atoms with Gasteiger partial charge in [0.15, 0.2) is 11.4 Å². The number of thiophene rings is 1. The Morgan fingerprint density at radius 3 is 3.07 bits per heavy atom. The van der Waals surface area contributed by atoms with E-state index in [1.54, 1.807) is 5.38 Å². The van der Waals surface area contributed by atoms with Crippen LogP contribution in [0.1, 0.15) is 22.8 Å². The van der Waals surface area contributed by atoms with E-state index in [2.05, 4.69) is 11.8 Å². The number of thioether (sulfide) groups is 1. The first-order chi connectivity index (χ1) is 6.74. The number of hydrogen-bond acceptors (Lipinski definition) is 4. The molecule has 0 radical (unpaired) electrons. The van der Waals surface area contributed by atoms with Crippen molar-refractivity contribution in [2.24, 2.45) is 0 Å². The Bertz CT molecular complexity index is 396. The third-order valence-electron chi connectivity index (χ3n) is 1.39. The zero-order valence-corrected chi connectivity index (χ0v) is 9.21. The van der Waals surface area contributed by atoms with Crippen LogP contribution in [0.3, 0.4) is 0 Å². The maximum atomic E-state index is 10.6. The SMILES string of the molecule is CC(=O)SCC#Cc1cscc1C=O. The highest BCUT2D eigenvalue weighted by Crippen LogP contribution is 2.11. The van der Waals surface area contributed by atoms with E-state index in [1.165, 1.54) is 30.0 Å². The monoisotopic (exact) mass is 224 g/mol. The molecule has 0 aromatic carbocycles. The molecule has 0 bridgehead atoms. The van der Waals surface area contributed by atoms with E-state index in [9.17, 15) is 9.59 Å². The van der Waals surface area contributed by atoms with E-state index in [4.69, 9.17) is 0 Å². The Morgan fingerprint density at radius 1 is 1.64 bits per heavy atom. The average Bonchev–Trinajstić information content (AvgIpc) is 2.59. The summed E-state index contributed by atoms with van der Waals surface area (Å²) in [6, 6.07) is 0. The molecule has 1 aromatic heterocycles. The zero-order valence-electron chi connectivity index (χ0n) is 7.57. The fourth-order valence-corrected chi connectivity index (χ4v) is 1.84. The predicted octanol–water partition coefficient (Wildman–Crippen LogP) is 2.19. The minimum absolute atomic E-state index is 0.0558. The van der Waals surface area contributed by atoms with E-state index >= 15 is 0 Å². The van der Waals surface area contributed by atoms with Gasteiger partial charge in [0.25, 0.3) is 0 Å². The summed E-state index contributed by atoms with van der Waals surface area (Å²) in [7, 11) is 0. The van der Waals surface area contributed by atoms with Crippen molar-refractivity contribution >= 4 is 34.5 Å². The molecule has 0 unspecified atom stereocenters. The molecular weight excluding hydrogens is 216 g/mol. The van der Waals surface area contributed by atoms with Gasteiger partial charge in [0, 0.05) is 28.8 Å². The van der Waals surface area contributed by atoms with Crippen LogP contribution in [-0.4, -0.2) is 17.2 Å². The summed E-state index contributed by atoms with van der Waals surface area (Å²) in [6.07, 6.45) is 0.790. The largest absolute Gasteiger partial charge is 0.298 e. The van der Waals surface area contributed by atoms with Crippen LogP contribution in [0, 0.1) is 11.8 Å². The van der Waals surface area contributed by atoms with Crippen LogP contribution < -0.4 is 0 Å². The lowest BCUT2D eigenvalue weighted by Gasteiger charge is -1.85. The van der Waals surface area contributed by atoms with Crippen molar-refractivity contribution in [1.29, 1.82) is 0 Å². The van der Waals surface area contributed by atoms with Crippen LogP contribution >= 0.6 is 23.1 Å². The zero-order chi connectivity index (χ0) is 10.4. The first-order valence-electron chi connectivity index (χ1n) is 3.87. The highest BCUT2D eigenvalue weighted by atomic mass is 32.2. The maximum Gasteiger partial charge on any atom is 0.186 e. The van der Waals surface area contributed by atoms with Gasteiger partial charge in [0.1, 0.15) is 0 Å². The van der Waals surface area contributed by atoms with E-state index in [-0.39, 0.29) is 5.12 Å². The van der Waals surface area contributed by atoms with Gasteiger partial charge in [0.05, 0.1) is 5.75 Å². The van der Waals surface area contributed by atoms with Gasteiger partial charge in [-0.05, 0) is 0 Å². The molecule has 0 amide bonds. The third-order valence-corrected chi connectivity index (χ3v) is 2.85. The van der Waals surface area contributed by atoms with Gasteiger partial charge in [-0.2, -0.15) is 11.3 Å². The molecule has 0 saturated heterocycles. The van der Waals surface area contributed by atoms with Crippen LogP contribution in [0.15, 0.2) is 10.8 Å². The number of carbonyl (C=O) groups is 2. The molecule has 1 heterocycles. The highest BCUT2D eigenvalue weighted by Gasteiger charge is 1.97. The Hall–Kier alpha value is -1.05. The van der Waals surface area contributed by atoms with Crippen LogP contribution in [0.5, 0.6) is 0 Å². The molecule has 0 fully saturated rings. The lowest BCUT2D eigenvalue weighted by atomic mass is 10.2. The fraction of sp³-hybridized carbons (Fsp3) is 0.200. The van der Waals surface area contributed by atoms with Gasteiger partial charge >= 0.3 is 0 Å². The maximum absolute atomic E-state index is 10.6. The number of rotatable bonds is 2. The number of hydrogen-bond donors (Lipinski definition) is 0. The summed E-state index contributed by atoms with van der Waals surface area (Å²) < 4.78 is 0. The molecule has 1 rings (SSSR count). The van der Waals surface area contributed by atoms with Crippen LogP contribution in [0.25, 0.3) is 0 Å². The summed E-state index contributed by atoms with van der Waals surface area (Å²) in [6.45, 7) is 1.51. The van der Waals surface area contributed by atoms with Crippen molar-refractivity contribution in [3.63, 3.8) is 0 Å². The van der Waals surface area contributed by atoms with Crippen molar-refractivity contribution in [3.8, 4) is 11.8 Å². The van der Waals surface area contributed by atoms with Gasteiger partial charge in [-0.15, -0.1) is 0 Å². The van der Waals surface area contributed by atoms with Crippen LogP contribution in [-0.2, 0) is 4.79 Å². The van der Waals surface area contributed by atoms with Crippen molar-refractivity contribution in [3.05, 3.63) is 21.9 Å². The summed E-state index contributed by atoms with van der Waals surface area (Å²) in [5, 5.41) is 3.64. The molecular formula is C10H8O2S2. The Labute approximate surface area is 90.7 Å². The quantitative estimate of drug-likeness (QED) is 0.570. The van der Waals surface area contributed by atoms with Crippen LogP contribution in [0.2, 0.25) is 0 Å². The average molecular weight is 224 g/mol. The lowest BCUT2D eigenvalue weighted by Crippen LogP contribution is -1.83. The standard InChI is InChI=1S/C10H8O2S2/c1-8(12)14-4-2-3-9-6-13-7-10(9)5-11/h5-7H,4H2,1H3. The molecule has 0 saturated carbocycles. The second-order valence-corrected chi connectivity index (χ2v) is 4.34. The van der Waals surface area contributed by atoms with Crippen molar-refractivity contribution in [1.82, 2.24) is 0 Å². The molecule has 2 nitrogen and oxygen atoms in total. The summed E-state index contributed by atoms with van der Waals surface area (Å²) in [5.41, 5.74) is 1.37. The summed E-state index contributed by atoms with van der Waals surface area (Å²) >= 11 is 2.62. The summed E-state index contributed by atoms with van der Waals surface area (Å²) in [4.78, 5) is 21.1. The normalized spacial score (nSPS) is 8.93. The molecule has 0 aliphatic heterocycles. The van der Waals surface area contributed by atoms with E-state index < -0.39 is 0 Å². The van der Waals surface area contributed by atoms with Crippen molar-refractivity contribution in [2.75, 3.05) is 5.75 Å². The smallest absolute Gasteiger partial charge is 0.186 e. The van der Waals surface area contributed by atoms with Gasteiger partial charge in [-0.3, -0.25) is 9.59 Å². The Balaban J connectivity index is 2.58. The fourth-order valence-electron chi connectivity index (χ4n) is 0.769. The highest BCUT2D eigenvalue weighted by molar-refractivity contribution is 8.13. The minimum Gasteiger partial charge on any atom is -0.298 e. The molecule has 0 N–H and O–H groups in total. The first-order valence-corrected chi connectivity index (χ1v) is 5.80. The van der Waals surface area contributed by atoms with Gasteiger partial charge in [-0.1, -0.05) is 23.6 Å². The van der Waals surface area contributed by atoms with E-state index in [1.807, 2.05) is 5.38 Å². The van der Waals surface area contributed by atoms with E-state index in [0.29, 0.717) is 11.3 Å². The topological polar surface area (TPSA) is 34.1 Å². The lowest BCUT2D eigenvalue weighted by molar-refractivity contribution is -0.109. The van der Waals surface area contributed by atoms with Gasteiger partial charge in [-0.25, -0.2) is 0 Å². The third kappa shape index (κ3) is 3.36. The molecule has 0 spiro atoms. The molecule has 0 atom stereocenters. The minimum atomic E-state index is 0.0558. The Kier molecular flexibility index (Phi) is 4.44. The second kappa shape index (κ2) is 5.63. The number of aldehydes is 1. The van der Waals surface area contributed by atoms with E-state index in [0.717, 1.165) is 11.8 Å². The van der Waals surface area contributed by atoms with Crippen molar-refractivity contribution < 1.29 is 9.59 Å². The number of carbonyl (C=O) groups excluding carboxylic acids is 2. The van der Waals surface area contributed by atoms with Gasteiger partial charge < -0.3 is 0 Å². The van der Waals surface area contributed by atoms with Gasteiger partial charge in [0.2, 0.25) is 0 Å².